The molecular weight excluding hydrogens is 501 g/mol. The van der Waals surface area contributed by atoms with Crippen LogP contribution in [0.2, 0.25) is 0 Å². The van der Waals surface area contributed by atoms with Crippen LogP contribution in [0.3, 0.4) is 0 Å². The van der Waals surface area contributed by atoms with Gasteiger partial charge in [0.25, 0.3) is 0 Å². The molecule has 0 aliphatic rings. The van der Waals surface area contributed by atoms with Gasteiger partial charge in [-0.15, -0.1) is 0 Å². The molecular formula is C28H27F3N2O5. The number of carbonyl (C=O) groups is 3. The van der Waals surface area contributed by atoms with Crippen LogP contribution in [-0.2, 0) is 44.7 Å². The molecule has 2 atom stereocenters. The van der Waals surface area contributed by atoms with Crippen LogP contribution in [-0.4, -0.2) is 37.2 Å². The fraction of sp³-hybridized carbons (Fsp3) is 0.250. The van der Waals surface area contributed by atoms with Crippen molar-refractivity contribution in [3.63, 3.8) is 0 Å². The number of alkyl halides is 3. The number of halogens is 3. The lowest BCUT2D eigenvalue weighted by atomic mass is 9.99. The minimum atomic E-state index is -4.65. The Labute approximate surface area is 218 Å². The molecule has 0 saturated carbocycles. The fourth-order valence-corrected chi connectivity index (χ4v) is 3.77. The Morgan fingerprint density at radius 3 is 1.95 bits per heavy atom. The molecule has 7 nitrogen and oxygen atoms in total. The Balaban J connectivity index is 1.77. The highest BCUT2D eigenvalue weighted by Crippen LogP contribution is 2.32. The molecule has 3 rings (SSSR count). The molecule has 0 radical (unpaired) electrons. The van der Waals surface area contributed by atoms with E-state index in [9.17, 15) is 27.6 Å². The standard InChI is InChI=1S/C28H27F3N2O5/c1-37-26(35)24(17-21-14-8-9-15-22(21)28(29,30)31)32-25(34)23(16-19-10-4-2-5-11-19)33-27(36)38-18-20-12-6-3-7-13-20/h2-15,23-24H,16-18H2,1H3,(H,32,34)(H,33,36)/t23-,24-/m1/s1. The molecule has 38 heavy (non-hydrogen) atoms. The molecule has 0 aromatic heterocycles. The molecule has 0 aliphatic carbocycles. The van der Waals surface area contributed by atoms with Crippen molar-refractivity contribution >= 4 is 18.0 Å². The minimum Gasteiger partial charge on any atom is -0.467 e. The van der Waals surface area contributed by atoms with E-state index in [2.05, 4.69) is 10.6 Å². The predicted molar refractivity (Wildman–Crippen MR) is 133 cm³/mol. The topological polar surface area (TPSA) is 93.7 Å². The highest BCUT2D eigenvalue weighted by molar-refractivity contribution is 5.90. The first-order chi connectivity index (χ1) is 18.2. The number of amides is 2. The molecule has 0 unspecified atom stereocenters. The van der Waals surface area contributed by atoms with E-state index >= 15 is 0 Å². The normalized spacial score (nSPS) is 12.6. The maximum Gasteiger partial charge on any atom is 0.416 e. The lowest BCUT2D eigenvalue weighted by Gasteiger charge is -2.23. The molecule has 0 bridgehead atoms. The Kier molecular flexibility index (Phi) is 9.86. The summed E-state index contributed by atoms with van der Waals surface area (Å²) in [6, 6.07) is 19.8. The summed E-state index contributed by atoms with van der Waals surface area (Å²) in [6.07, 6.45) is -5.95. The van der Waals surface area contributed by atoms with E-state index in [0.717, 1.165) is 18.7 Å². The van der Waals surface area contributed by atoms with E-state index in [1.807, 2.05) is 6.07 Å². The molecule has 0 saturated heterocycles. The predicted octanol–water partition coefficient (Wildman–Crippen LogP) is 4.44. The van der Waals surface area contributed by atoms with Gasteiger partial charge in [-0.25, -0.2) is 9.59 Å². The van der Waals surface area contributed by atoms with Crippen molar-refractivity contribution in [3.05, 3.63) is 107 Å². The van der Waals surface area contributed by atoms with E-state index in [4.69, 9.17) is 9.47 Å². The summed E-state index contributed by atoms with van der Waals surface area (Å²) < 4.78 is 50.4. The van der Waals surface area contributed by atoms with E-state index in [1.165, 1.54) is 18.2 Å². The number of esters is 1. The van der Waals surface area contributed by atoms with E-state index in [1.54, 1.807) is 54.6 Å². The smallest absolute Gasteiger partial charge is 0.416 e. The molecule has 0 aliphatic heterocycles. The van der Waals surface area contributed by atoms with E-state index in [0.29, 0.717) is 5.56 Å². The zero-order valence-electron chi connectivity index (χ0n) is 20.5. The average molecular weight is 529 g/mol. The zero-order chi connectivity index (χ0) is 27.5. The first-order valence-electron chi connectivity index (χ1n) is 11.7. The molecule has 3 aromatic carbocycles. The summed E-state index contributed by atoms with van der Waals surface area (Å²) in [5.74, 6) is -1.72. The number of methoxy groups -OCH3 is 1. The highest BCUT2D eigenvalue weighted by atomic mass is 19.4. The van der Waals surface area contributed by atoms with Gasteiger partial charge < -0.3 is 20.1 Å². The van der Waals surface area contributed by atoms with Crippen molar-refractivity contribution in [3.8, 4) is 0 Å². The van der Waals surface area contributed by atoms with Gasteiger partial charge >= 0.3 is 18.2 Å². The van der Waals surface area contributed by atoms with Gasteiger partial charge in [-0.1, -0.05) is 78.9 Å². The van der Waals surface area contributed by atoms with Crippen molar-refractivity contribution in [2.75, 3.05) is 7.11 Å². The van der Waals surface area contributed by atoms with Crippen LogP contribution in [0.4, 0.5) is 18.0 Å². The highest BCUT2D eigenvalue weighted by Gasteiger charge is 2.35. The number of benzene rings is 3. The van der Waals surface area contributed by atoms with Gasteiger partial charge in [0.2, 0.25) is 5.91 Å². The summed E-state index contributed by atoms with van der Waals surface area (Å²) in [5.41, 5.74) is 0.325. The molecule has 0 heterocycles. The van der Waals surface area contributed by atoms with Gasteiger partial charge in [0.1, 0.15) is 18.7 Å². The van der Waals surface area contributed by atoms with Gasteiger partial charge in [-0.2, -0.15) is 13.2 Å². The van der Waals surface area contributed by atoms with E-state index in [-0.39, 0.29) is 18.6 Å². The third kappa shape index (κ3) is 8.36. The quantitative estimate of drug-likeness (QED) is 0.380. The molecule has 3 aromatic rings. The number of nitrogens with one attached hydrogen (secondary N) is 2. The van der Waals surface area contributed by atoms with Crippen LogP contribution in [0.15, 0.2) is 84.9 Å². The maximum atomic E-state index is 13.5. The summed E-state index contributed by atoms with van der Waals surface area (Å²) >= 11 is 0. The van der Waals surface area contributed by atoms with Crippen LogP contribution >= 0.6 is 0 Å². The van der Waals surface area contributed by atoms with Gasteiger partial charge in [0.15, 0.2) is 0 Å². The largest absolute Gasteiger partial charge is 0.467 e. The second kappa shape index (κ2) is 13.3. The number of carbonyl (C=O) groups excluding carboxylic acids is 3. The Morgan fingerprint density at radius 2 is 1.34 bits per heavy atom. The first kappa shape index (κ1) is 28.2. The maximum absolute atomic E-state index is 13.5. The monoisotopic (exact) mass is 528 g/mol. The van der Waals surface area contributed by atoms with Crippen LogP contribution in [0.5, 0.6) is 0 Å². The van der Waals surface area contributed by atoms with Gasteiger partial charge in [-0.3, -0.25) is 4.79 Å². The summed E-state index contributed by atoms with van der Waals surface area (Å²) in [4.78, 5) is 38.2. The number of alkyl carbamates (subject to hydrolysis) is 1. The van der Waals surface area contributed by atoms with Crippen LogP contribution < -0.4 is 10.6 Å². The molecule has 200 valence electrons. The average Bonchev–Trinajstić information content (AvgIpc) is 2.91. The van der Waals surface area contributed by atoms with E-state index < -0.39 is 48.2 Å². The Hall–Kier alpha value is -4.34. The zero-order valence-corrected chi connectivity index (χ0v) is 20.5. The second-order valence-electron chi connectivity index (χ2n) is 8.39. The van der Waals surface area contributed by atoms with Gasteiger partial charge in [0.05, 0.1) is 12.7 Å². The third-order valence-corrected chi connectivity index (χ3v) is 5.65. The lowest BCUT2D eigenvalue weighted by Crippen LogP contribution is -2.53. The molecule has 2 N–H and O–H groups in total. The molecule has 2 amide bonds. The minimum absolute atomic E-state index is 0.0363. The third-order valence-electron chi connectivity index (χ3n) is 5.65. The molecule has 0 spiro atoms. The van der Waals surface area contributed by atoms with Crippen molar-refractivity contribution < 1.29 is 37.0 Å². The summed E-state index contributed by atoms with van der Waals surface area (Å²) in [7, 11) is 1.07. The van der Waals surface area contributed by atoms with Gasteiger partial charge in [-0.05, 0) is 22.8 Å². The van der Waals surface area contributed by atoms with Crippen molar-refractivity contribution in [1.29, 1.82) is 0 Å². The summed E-state index contributed by atoms with van der Waals surface area (Å²) in [5, 5.41) is 4.94. The number of hydrogen-bond donors (Lipinski definition) is 2. The van der Waals surface area contributed by atoms with Crippen molar-refractivity contribution in [2.24, 2.45) is 0 Å². The van der Waals surface area contributed by atoms with Crippen molar-refractivity contribution in [2.45, 2.75) is 37.7 Å². The molecule has 0 fully saturated rings. The van der Waals surface area contributed by atoms with Crippen LogP contribution in [0.25, 0.3) is 0 Å². The number of hydrogen-bond acceptors (Lipinski definition) is 5. The van der Waals surface area contributed by atoms with Crippen LogP contribution in [0.1, 0.15) is 22.3 Å². The summed E-state index contributed by atoms with van der Waals surface area (Å²) in [6.45, 7) is -0.0363. The Morgan fingerprint density at radius 1 is 0.763 bits per heavy atom. The Bertz CT molecular complexity index is 1220. The fourth-order valence-electron chi connectivity index (χ4n) is 3.77. The van der Waals surface area contributed by atoms with Crippen molar-refractivity contribution in [1.82, 2.24) is 10.6 Å². The van der Waals surface area contributed by atoms with Crippen LogP contribution in [0, 0.1) is 0 Å². The lowest BCUT2D eigenvalue weighted by molar-refractivity contribution is -0.146. The molecule has 10 heteroatoms. The number of ether oxygens (including phenoxy) is 2. The van der Waals surface area contributed by atoms with Gasteiger partial charge in [0, 0.05) is 12.8 Å². The SMILES string of the molecule is COC(=O)[C@@H](Cc1ccccc1C(F)(F)F)NC(=O)[C@@H](Cc1ccccc1)NC(=O)OCc1ccccc1. The first-order valence-corrected chi connectivity index (χ1v) is 11.7. The number of rotatable bonds is 10. The second-order valence-corrected chi connectivity index (χ2v) is 8.39.